The number of imidazole rings is 1. The lowest BCUT2D eigenvalue weighted by molar-refractivity contribution is 0.288. The highest BCUT2D eigenvalue weighted by Crippen LogP contribution is 2.25. The number of aryl methyl sites for hydroxylation is 2. The molecule has 6 nitrogen and oxygen atoms in total. The summed E-state index contributed by atoms with van der Waals surface area (Å²) in [6, 6.07) is 10.7. The summed E-state index contributed by atoms with van der Waals surface area (Å²) in [5.41, 5.74) is 8.69. The summed E-state index contributed by atoms with van der Waals surface area (Å²) in [7, 11) is 0. The van der Waals surface area contributed by atoms with Gasteiger partial charge in [-0.25, -0.2) is 4.98 Å². The average molecular weight is 444 g/mol. The Morgan fingerprint density at radius 3 is 2.71 bits per heavy atom. The average Bonchev–Trinajstić information content (AvgIpc) is 3.02. The molecule has 0 spiro atoms. The second kappa shape index (κ2) is 10.2. The molecule has 148 valence electrons. The second-order valence-electron chi connectivity index (χ2n) is 6.56. The number of allylic oxidation sites excluding steroid dienone is 2. The summed E-state index contributed by atoms with van der Waals surface area (Å²) in [6.07, 6.45) is 9.30. The molecule has 0 atom stereocenters. The molecule has 2 N–H and O–H groups in total. The number of ether oxygens (including phenoxy) is 1. The molecule has 3 rings (SSSR count). The predicted molar refractivity (Wildman–Crippen MR) is 116 cm³/mol. The first kappa shape index (κ1) is 20.3. The van der Waals surface area contributed by atoms with E-state index in [1.807, 2.05) is 22.8 Å². The van der Waals surface area contributed by atoms with E-state index in [9.17, 15) is 0 Å². The van der Waals surface area contributed by atoms with Crippen molar-refractivity contribution >= 4 is 32.9 Å². The van der Waals surface area contributed by atoms with Crippen molar-refractivity contribution in [3.63, 3.8) is 0 Å². The minimum absolute atomic E-state index is 0.303. The number of nitrogen functional groups attached to an aromatic ring is 1. The fourth-order valence-electron chi connectivity index (χ4n) is 2.97. The number of aromatic nitrogens is 4. The van der Waals surface area contributed by atoms with Crippen molar-refractivity contribution in [1.29, 1.82) is 0 Å². The number of hydrogen-bond donors (Lipinski definition) is 1. The minimum Gasteiger partial charge on any atom is -0.463 e. The minimum atomic E-state index is 0.303. The van der Waals surface area contributed by atoms with Gasteiger partial charge < -0.3 is 15.0 Å². The van der Waals surface area contributed by atoms with Crippen LogP contribution in [0, 0.1) is 0 Å². The Morgan fingerprint density at radius 1 is 1.11 bits per heavy atom. The highest BCUT2D eigenvalue weighted by Gasteiger charge is 2.15. The maximum absolute atomic E-state index is 6.09. The van der Waals surface area contributed by atoms with Crippen LogP contribution in [0.2, 0.25) is 0 Å². The Balaban J connectivity index is 1.64. The monoisotopic (exact) mass is 443 g/mol. The molecule has 1 aromatic carbocycles. The van der Waals surface area contributed by atoms with Gasteiger partial charge in [-0.3, -0.25) is 0 Å². The van der Waals surface area contributed by atoms with Gasteiger partial charge in [-0.15, -0.1) is 0 Å². The van der Waals surface area contributed by atoms with Crippen LogP contribution in [0.3, 0.4) is 0 Å². The van der Waals surface area contributed by atoms with Crippen LogP contribution >= 0.6 is 15.9 Å². The van der Waals surface area contributed by atoms with E-state index in [0.29, 0.717) is 34.3 Å². The van der Waals surface area contributed by atoms with Crippen LogP contribution in [0.5, 0.6) is 6.01 Å². The Kier molecular flexibility index (Phi) is 7.42. The number of unbranched alkanes of at least 4 members (excludes halogenated alkanes) is 1. The zero-order valence-corrected chi connectivity index (χ0v) is 17.7. The highest BCUT2D eigenvalue weighted by atomic mass is 79.9. The summed E-state index contributed by atoms with van der Waals surface area (Å²) in [5.74, 6) is 0.341. The number of hydrogen-bond acceptors (Lipinski definition) is 5. The topological polar surface area (TPSA) is 78.9 Å². The zero-order chi connectivity index (χ0) is 19.8. The molecule has 0 fully saturated rings. The van der Waals surface area contributed by atoms with Gasteiger partial charge in [0, 0.05) is 6.54 Å². The van der Waals surface area contributed by atoms with E-state index in [-0.39, 0.29) is 0 Å². The van der Waals surface area contributed by atoms with E-state index >= 15 is 0 Å². The fraction of sp³-hybridized carbons (Fsp3) is 0.381. The van der Waals surface area contributed by atoms with Gasteiger partial charge in [0.05, 0.1) is 6.61 Å². The SMILES string of the molecule is CCC=CCCCn1c(Br)nc2c(N)nc(OCCCc3ccccc3)nc21. The lowest BCUT2D eigenvalue weighted by Crippen LogP contribution is -2.06. The molecule has 0 unspecified atom stereocenters. The third kappa shape index (κ3) is 5.32. The van der Waals surface area contributed by atoms with Crippen LogP contribution in [0.4, 0.5) is 5.82 Å². The predicted octanol–water partition coefficient (Wildman–Crippen LogP) is 4.93. The maximum atomic E-state index is 6.09. The quantitative estimate of drug-likeness (QED) is 0.273. The summed E-state index contributed by atoms with van der Waals surface area (Å²) < 4.78 is 8.50. The number of rotatable bonds is 10. The van der Waals surface area contributed by atoms with Crippen molar-refractivity contribution in [2.45, 2.75) is 45.6 Å². The van der Waals surface area contributed by atoms with Gasteiger partial charge in [-0.05, 0) is 53.6 Å². The van der Waals surface area contributed by atoms with Crippen molar-refractivity contribution < 1.29 is 4.74 Å². The molecule has 0 aliphatic carbocycles. The summed E-state index contributed by atoms with van der Waals surface area (Å²) in [5, 5.41) is 0. The molecule has 0 saturated heterocycles. The molecular weight excluding hydrogens is 418 g/mol. The Hall–Kier alpha value is -2.41. The fourth-order valence-corrected chi connectivity index (χ4v) is 3.50. The molecule has 28 heavy (non-hydrogen) atoms. The standard InChI is InChI=1S/C21H26BrN5O/c1-2-3-4-5-9-14-27-19-17(24-20(27)22)18(23)25-21(26-19)28-15-10-13-16-11-7-6-8-12-16/h3-4,6-8,11-12H,2,5,9-10,13-15H2,1H3,(H2,23,25,26). The van der Waals surface area contributed by atoms with E-state index < -0.39 is 0 Å². The largest absolute Gasteiger partial charge is 0.463 e. The lowest BCUT2D eigenvalue weighted by atomic mass is 10.1. The number of anilines is 1. The third-order valence-electron chi connectivity index (χ3n) is 4.39. The molecule has 0 radical (unpaired) electrons. The number of nitrogens with zero attached hydrogens (tertiary/aromatic N) is 4. The van der Waals surface area contributed by atoms with Gasteiger partial charge in [0.15, 0.2) is 21.7 Å². The van der Waals surface area contributed by atoms with E-state index in [4.69, 9.17) is 10.5 Å². The smallest absolute Gasteiger partial charge is 0.320 e. The highest BCUT2D eigenvalue weighted by molar-refractivity contribution is 9.10. The Bertz CT molecular complexity index is 923. The first-order valence-electron chi connectivity index (χ1n) is 9.70. The van der Waals surface area contributed by atoms with Gasteiger partial charge in [-0.2, -0.15) is 9.97 Å². The number of halogens is 1. The number of benzene rings is 1. The Morgan fingerprint density at radius 2 is 1.93 bits per heavy atom. The molecule has 2 aromatic heterocycles. The third-order valence-corrected chi connectivity index (χ3v) is 5.00. The van der Waals surface area contributed by atoms with Crippen LogP contribution in [0.1, 0.15) is 38.2 Å². The van der Waals surface area contributed by atoms with Gasteiger partial charge in [0.25, 0.3) is 0 Å². The molecule has 3 aromatic rings. The molecule has 0 aliphatic heterocycles. The second-order valence-corrected chi connectivity index (χ2v) is 7.26. The van der Waals surface area contributed by atoms with Crippen molar-refractivity contribution in [3.8, 4) is 6.01 Å². The summed E-state index contributed by atoms with van der Waals surface area (Å²) >= 11 is 3.51. The molecule has 0 bridgehead atoms. The molecule has 0 saturated carbocycles. The van der Waals surface area contributed by atoms with E-state index in [1.165, 1.54) is 5.56 Å². The van der Waals surface area contributed by atoms with Gasteiger partial charge in [0.2, 0.25) is 0 Å². The molecule has 7 heteroatoms. The van der Waals surface area contributed by atoms with Crippen LogP contribution in [0.25, 0.3) is 11.2 Å². The molecule has 0 aliphatic rings. The maximum Gasteiger partial charge on any atom is 0.320 e. The first-order valence-corrected chi connectivity index (χ1v) is 10.5. The Labute approximate surface area is 174 Å². The summed E-state index contributed by atoms with van der Waals surface area (Å²) in [4.78, 5) is 13.3. The van der Waals surface area contributed by atoms with Crippen LogP contribution in [-0.2, 0) is 13.0 Å². The normalized spacial score (nSPS) is 11.5. The first-order chi connectivity index (χ1) is 13.7. The van der Waals surface area contributed by atoms with Crippen molar-refractivity contribution in [2.24, 2.45) is 0 Å². The van der Waals surface area contributed by atoms with E-state index in [2.05, 4.69) is 62.1 Å². The number of nitrogens with two attached hydrogens (primary N) is 1. The van der Waals surface area contributed by atoms with E-state index in [0.717, 1.165) is 38.6 Å². The van der Waals surface area contributed by atoms with Crippen LogP contribution < -0.4 is 10.5 Å². The van der Waals surface area contributed by atoms with Gasteiger partial charge in [-0.1, -0.05) is 49.4 Å². The van der Waals surface area contributed by atoms with Crippen molar-refractivity contribution in [3.05, 3.63) is 52.8 Å². The van der Waals surface area contributed by atoms with Crippen molar-refractivity contribution in [1.82, 2.24) is 19.5 Å². The summed E-state index contributed by atoms with van der Waals surface area (Å²) in [6.45, 7) is 3.48. The molecule has 2 heterocycles. The van der Waals surface area contributed by atoms with Crippen LogP contribution in [-0.4, -0.2) is 26.1 Å². The zero-order valence-electron chi connectivity index (χ0n) is 16.1. The number of fused-ring (bicyclic) bond motifs is 1. The lowest BCUT2D eigenvalue weighted by Gasteiger charge is -2.07. The van der Waals surface area contributed by atoms with Crippen molar-refractivity contribution in [2.75, 3.05) is 12.3 Å². The van der Waals surface area contributed by atoms with E-state index in [1.54, 1.807) is 0 Å². The van der Waals surface area contributed by atoms with Gasteiger partial charge in [0.1, 0.15) is 0 Å². The van der Waals surface area contributed by atoms with Crippen LogP contribution in [0.15, 0.2) is 47.2 Å². The van der Waals surface area contributed by atoms with Gasteiger partial charge >= 0.3 is 6.01 Å². The molecular formula is C21H26BrN5O. The molecule has 0 amide bonds.